The highest BCUT2D eigenvalue weighted by molar-refractivity contribution is 6.09. The molecule has 0 saturated carbocycles. The molecule has 0 aliphatic carbocycles. The smallest absolute Gasteiger partial charge is 0.264 e. The molecule has 1 unspecified atom stereocenters. The normalized spacial score (nSPS) is 18.8. The van der Waals surface area contributed by atoms with Crippen molar-refractivity contribution in [1.29, 1.82) is 0 Å². The van der Waals surface area contributed by atoms with Crippen molar-refractivity contribution in [3.63, 3.8) is 0 Å². The summed E-state index contributed by atoms with van der Waals surface area (Å²) in [5.41, 5.74) is 1.27. The predicted molar refractivity (Wildman–Crippen MR) is 99.4 cm³/mol. The molecule has 5 heteroatoms. The van der Waals surface area contributed by atoms with Gasteiger partial charge in [-0.25, -0.2) is 0 Å². The van der Waals surface area contributed by atoms with E-state index < -0.39 is 11.5 Å². The zero-order valence-corrected chi connectivity index (χ0v) is 15.3. The molecule has 1 amide bonds. The standard InChI is InChI=1S/C21H23NO4/c1-14-7-4-5-10-18(14)26-12-11-22-19-15(2)8-6-9-17(19)21(25,20(22)24)13-16(3)23/h4-10,25H,11-13H2,1-3H3. The SMILES string of the molecule is CC(=O)CC1(O)C(=O)N(CCOc2ccccc2C)c2c(C)cccc21. The third kappa shape index (κ3) is 3.10. The number of rotatable bonds is 6. The van der Waals surface area contributed by atoms with E-state index in [1.807, 2.05) is 44.2 Å². The Balaban J connectivity index is 1.85. The Kier molecular flexibility index (Phi) is 4.83. The summed E-state index contributed by atoms with van der Waals surface area (Å²) in [6.07, 6.45) is -0.225. The number of nitrogens with zero attached hydrogens (tertiary/aromatic N) is 1. The van der Waals surface area contributed by atoms with Gasteiger partial charge in [0.25, 0.3) is 5.91 Å². The fraction of sp³-hybridized carbons (Fsp3) is 0.333. The molecule has 2 aromatic rings. The number of hydrogen-bond donors (Lipinski definition) is 1. The topological polar surface area (TPSA) is 66.8 Å². The van der Waals surface area contributed by atoms with Gasteiger partial charge in [-0.15, -0.1) is 0 Å². The average Bonchev–Trinajstić information content (AvgIpc) is 2.79. The molecular weight excluding hydrogens is 330 g/mol. The molecule has 0 radical (unpaired) electrons. The molecule has 0 aromatic heterocycles. The molecule has 0 fully saturated rings. The van der Waals surface area contributed by atoms with Crippen LogP contribution in [0.2, 0.25) is 0 Å². The number of aliphatic hydroxyl groups is 1. The summed E-state index contributed by atoms with van der Waals surface area (Å²) < 4.78 is 5.81. The summed E-state index contributed by atoms with van der Waals surface area (Å²) in [5.74, 6) is 0.0693. The number of Topliss-reactive ketones (excluding diaryl/α,β-unsaturated/α-hetero) is 1. The van der Waals surface area contributed by atoms with E-state index in [0.717, 1.165) is 16.9 Å². The highest BCUT2D eigenvalue weighted by Crippen LogP contribution is 2.44. The monoisotopic (exact) mass is 353 g/mol. The van der Waals surface area contributed by atoms with Crippen molar-refractivity contribution in [1.82, 2.24) is 0 Å². The first-order chi connectivity index (χ1) is 12.3. The van der Waals surface area contributed by atoms with Crippen molar-refractivity contribution < 1.29 is 19.4 Å². The van der Waals surface area contributed by atoms with Gasteiger partial charge in [-0.05, 0) is 38.0 Å². The largest absolute Gasteiger partial charge is 0.491 e. The van der Waals surface area contributed by atoms with Gasteiger partial charge in [-0.1, -0.05) is 36.4 Å². The van der Waals surface area contributed by atoms with Gasteiger partial charge in [-0.2, -0.15) is 0 Å². The minimum Gasteiger partial charge on any atom is -0.491 e. The molecule has 1 aliphatic rings. The van der Waals surface area contributed by atoms with Gasteiger partial charge in [0.1, 0.15) is 18.1 Å². The van der Waals surface area contributed by atoms with Crippen molar-refractivity contribution in [3.05, 3.63) is 59.2 Å². The van der Waals surface area contributed by atoms with Crippen LogP contribution in [0.3, 0.4) is 0 Å². The first-order valence-electron chi connectivity index (χ1n) is 8.67. The minimum atomic E-state index is -1.80. The van der Waals surface area contributed by atoms with Crippen molar-refractivity contribution in [2.75, 3.05) is 18.1 Å². The summed E-state index contributed by atoms with van der Waals surface area (Å²) in [7, 11) is 0. The molecule has 1 N–H and O–H groups in total. The molecule has 2 aromatic carbocycles. The highest BCUT2D eigenvalue weighted by Gasteiger charge is 2.50. The molecule has 1 atom stereocenters. The van der Waals surface area contributed by atoms with Gasteiger partial charge in [0.15, 0.2) is 5.60 Å². The quantitative estimate of drug-likeness (QED) is 0.867. The summed E-state index contributed by atoms with van der Waals surface area (Å²) in [4.78, 5) is 26.1. The Morgan fingerprint density at radius 1 is 1.12 bits per heavy atom. The molecule has 0 spiro atoms. The van der Waals surface area contributed by atoms with E-state index in [4.69, 9.17) is 4.74 Å². The van der Waals surface area contributed by atoms with Crippen LogP contribution in [0.5, 0.6) is 5.75 Å². The van der Waals surface area contributed by atoms with E-state index in [-0.39, 0.29) is 12.2 Å². The Morgan fingerprint density at radius 2 is 1.81 bits per heavy atom. The van der Waals surface area contributed by atoms with Crippen LogP contribution in [0.15, 0.2) is 42.5 Å². The first-order valence-corrected chi connectivity index (χ1v) is 8.67. The van der Waals surface area contributed by atoms with Crippen molar-refractivity contribution in [3.8, 4) is 5.75 Å². The fourth-order valence-electron chi connectivity index (χ4n) is 3.50. The van der Waals surface area contributed by atoms with Crippen molar-refractivity contribution in [2.45, 2.75) is 32.8 Å². The lowest BCUT2D eigenvalue weighted by Crippen LogP contribution is -2.43. The maximum Gasteiger partial charge on any atom is 0.264 e. The van der Waals surface area contributed by atoms with Gasteiger partial charge in [-0.3, -0.25) is 9.59 Å². The number of ether oxygens (including phenoxy) is 1. The van der Waals surface area contributed by atoms with Gasteiger partial charge in [0, 0.05) is 12.0 Å². The Bertz CT molecular complexity index is 861. The molecule has 26 heavy (non-hydrogen) atoms. The van der Waals surface area contributed by atoms with Crippen LogP contribution in [-0.2, 0) is 15.2 Å². The molecule has 3 rings (SSSR count). The fourth-order valence-corrected chi connectivity index (χ4v) is 3.50. The summed E-state index contributed by atoms with van der Waals surface area (Å²) in [5, 5.41) is 11.0. The van der Waals surface area contributed by atoms with Crippen LogP contribution < -0.4 is 9.64 Å². The second-order valence-corrected chi connectivity index (χ2v) is 6.78. The van der Waals surface area contributed by atoms with Crippen LogP contribution in [0.1, 0.15) is 30.0 Å². The zero-order valence-electron chi connectivity index (χ0n) is 15.3. The van der Waals surface area contributed by atoms with E-state index in [2.05, 4.69) is 0 Å². The number of para-hydroxylation sites is 2. The molecule has 0 saturated heterocycles. The van der Waals surface area contributed by atoms with Crippen LogP contribution in [0, 0.1) is 13.8 Å². The van der Waals surface area contributed by atoms with E-state index in [1.54, 1.807) is 12.1 Å². The molecule has 0 bridgehead atoms. The van der Waals surface area contributed by atoms with E-state index in [1.165, 1.54) is 11.8 Å². The van der Waals surface area contributed by atoms with Crippen LogP contribution >= 0.6 is 0 Å². The Labute approximate surface area is 153 Å². The Hall–Kier alpha value is -2.66. The number of aryl methyl sites for hydroxylation is 2. The number of benzene rings is 2. The molecule has 5 nitrogen and oxygen atoms in total. The number of hydrogen-bond acceptors (Lipinski definition) is 4. The lowest BCUT2D eigenvalue weighted by atomic mass is 9.89. The summed E-state index contributed by atoms with van der Waals surface area (Å²) >= 11 is 0. The lowest BCUT2D eigenvalue weighted by Gasteiger charge is -2.22. The Morgan fingerprint density at radius 3 is 2.50 bits per heavy atom. The van der Waals surface area contributed by atoms with Crippen molar-refractivity contribution >= 4 is 17.4 Å². The second-order valence-electron chi connectivity index (χ2n) is 6.78. The van der Waals surface area contributed by atoms with Crippen LogP contribution in [0.25, 0.3) is 0 Å². The highest BCUT2D eigenvalue weighted by atomic mass is 16.5. The minimum absolute atomic E-state index is 0.225. The molecule has 136 valence electrons. The van der Waals surface area contributed by atoms with Crippen LogP contribution in [0.4, 0.5) is 5.69 Å². The van der Waals surface area contributed by atoms with Gasteiger partial charge in [0.2, 0.25) is 0 Å². The number of carbonyl (C=O) groups excluding carboxylic acids is 2. The molecular formula is C21H23NO4. The first kappa shape index (κ1) is 18.1. The number of ketones is 1. The number of fused-ring (bicyclic) bond motifs is 1. The number of amides is 1. The number of anilines is 1. The van der Waals surface area contributed by atoms with E-state index >= 15 is 0 Å². The molecule has 1 heterocycles. The van der Waals surface area contributed by atoms with Crippen molar-refractivity contribution in [2.24, 2.45) is 0 Å². The molecule has 1 aliphatic heterocycles. The summed E-state index contributed by atoms with van der Waals surface area (Å²) in [6.45, 7) is 5.82. The van der Waals surface area contributed by atoms with Crippen LogP contribution in [-0.4, -0.2) is 29.9 Å². The average molecular weight is 353 g/mol. The van der Waals surface area contributed by atoms with E-state index in [0.29, 0.717) is 24.4 Å². The van der Waals surface area contributed by atoms with Gasteiger partial charge >= 0.3 is 0 Å². The van der Waals surface area contributed by atoms with Gasteiger partial charge < -0.3 is 14.7 Å². The maximum absolute atomic E-state index is 12.9. The van der Waals surface area contributed by atoms with Gasteiger partial charge in [0.05, 0.1) is 12.2 Å². The van der Waals surface area contributed by atoms with E-state index in [9.17, 15) is 14.7 Å². The lowest BCUT2D eigenvalue weighted by molar-refractivity contribution is -0.141. The predicted octanol–water partition coefficient (Wildman–Crippen LogP) is 2.90. The third-order valence-corrected chi connectivity index (χ3v) is 4.72. The third-order valence-electron chi connectivity index (χ3n) is 4.72. The number of carbonyl (C=O) groups is 2. The zero-order chi connectivity index (χ0) is 18.9. The second kappa shape index (κ2) is 6.92. The summed E-state index contributed by atoms with van der Waals surface area (Å²) in [6, 6.07) is 13.1. The maximum atomic E-state index is 12.9.